The highest BCUT2D eigenvalue weighted by Gasteiger charge is 2.15. The maximum atomic E-state index is 13.7. The van der Waals surface area contributed by atoms with Crippen LogP contribution < -0.4 is 10.1 Å². The third-order valence-electron chi connectivity index (χ3n) is 3.44. The zero-order chi connectivity index (χ0) is 18.9. The number of aromatic nitrogens is 3. The van der Waals surface area contributed by atoms with E-state index in [1.165, 1.54) is 12.1 Å². The summed E-state index contributed by atoms with van der Waals surface area (Å²) in [5.41, 5.74) is 0.374. The summed E-state index contributed by atoms with van der Waals surface area (Å²) < 4.78 is 54.6. The van der Waals surface area contributed by atoms with Crippen LogP contribution in [0.5, 0.6) is 11.6 Å². The van der Waals surface area contributed by atoms with E-state index in [4.69, 9.17) is 4.74 Å². The lowest BCUT2D eigenvalue weighted by molar-refractivity contribution is 0.425. The predicted octanol–water partition coefficient (Wildman–Crippen LogP) is 2.87. The Balaban J connectivity index is 1.80. The molecule has 0 saturated carbocycles. The first-order chi connectivity index (χ1) is 12.2. The predicted molar refractivity (Wildman–Crippen MR) is 93.1 cm³/mol. The number of hydrogen-bond acceptors (Lipinski definition) is 6. The number of anilines is 1. The van der Waals surface area contributed by atoms with Gasteiger partial charge in [-0.25, -0.2) is 17.2 Å². The van der Waals surface area contributed by atoms with Crippen molar-refractivity contribution < 1.29 is 21.9 Å². The van der Waals surface area contributed by atoms with Crippen molar-refractivity contribution >= 4 is 26.7 Å². The summed E-state index contributed by atoms with van der Waals surface area (Å²) in [7, 11) is -3.13. The van der Waals surface area contributed by atoms with Crippen molar-refractivity contribution in [3.05, 3.63) is 42.0 Å². The first kappa shape index (κ1) is 18.1. The quantitative estimate of drug-likeness (QED) is 0.680. The lowest BCUT2D eigenvalue weighted by atomic mass is 10.3. The zero-order valence-electron chi connectivity index (χ0n) is 14.0. The maximum Gasteiger partial charge on any atom is 0.221 e. The van der Waals surface area contributed by atoms with E-state index in [0.29, 0.717) is 16.9 Å². The van der Waals surface area contributed by atoms with E-state index < -0.39 is 21.5 Å². The van der Waals surface area contributed by atoms with Crippen LogP contribution in [0.2, 0.25) is 0 Å². The van der Waals surface area contributed by atoms with Crippen molar-refractivity contribution in [3.63, 3.8) is 0 Å². The molecule has 0 saturated heterocycles. The van der Waals surface area contributed by atoms with Crippen LogP contribution in [0, 0.1) is 11.6 Å². The van der Waals surface area contributed by atoms with E-state index in [1.54, 1.807) is 13.0 Å². The van der Waals surface area contributed by atoms with Gasteiger partial charge < -0.3 is 10.1 Å². The third kappa shape index (κ3) is 4.26. The Morgan fingerprint density at radius 1 is 1.27 bits per heavy atom. The van der Waals surface area contributed by atoms with Crippen LogP contribution in [-0.4, -0.2) is 41.6 Å². The number of sulfone groups is 1. The summed E-state index contributed by atoms with van der Waals surface area (Å²) in [5, 5.41) is 10.4. The van der Waals surface area contributed by atoms with E-state index in [-0.39, 0.29) is 23.4 Å². The molecule has 0 aliphatic carbocycles. The number of nitrogens with one attached hydrogen (secondary N) is 2. The second kappa shape index (κ2) is 6.87. The zero-order valence-corrected chi connectivity index (χ0v) is 14.8. The largest absolute Gasteiger partial charge is 0.436 e. The lowest BCUT2D eigenvalue weighted by Crippen LogP contribution is -2.25. The van der Waals surface area contributed by atoms with Gasteiger partial charge in [0.05, 0.1) is 11.1 Å². The molecule has 2 N–H and O–H groups in total. The third-order valence-corrected chi connectivity index (χ3v) is 4.55. The van der Waals surface area contributed by atoms with Gasteiger partial charge in [-0.15, -0.1) is 0 Å². The summed E-state index contributed by atoms with van der Waals surface area (Å²) in [5.74, 6) is -1.19. The number of benzene rings is 1. The van der Waals surface area contributed by atoms with E-state index in [9.17, 15) is 17.2 Å². The molecule has 0 aliphatic rings. The molecule has 0 amide bonds. The minimum Gasteiger partial charge on any atom is -0.436 e. The molecule has 26 heavy (non-hydrogen) atoms. The Hall–Kier alpha value is -2.75. The van der Waals surface area contributed by atoms with Gasteiger partial charge in [0.15, 0.2) is 23.0 Å². The molecule has 0 bridgehead atoms. The first-order valence-corrected chi connectivity index (χ1v) is 9.69. The average Bonchev–Trinajstić information content (AvgIpc) is 2.90. The normalized spacial score (nSPS) is 12.9. The number of pyridine rings is 1. The molecule has 2 aromatic heterocycles. The number of H-pyrrole nitrogens is 1. The highest BCUT2D eigenvalue weighted by Crippen LogP contribution is 2.27. The molecule has 7 nitrogen and oxygen atoms in total. The minimum atomic E-state index is -3.13. The number of hydrogen-bond donors (Lipinski definition) is 2. The van der Waals surface area contributed by atoms with Gasteiger partial charge in [0.25, 0.3) is 0 Å². The second-order valence-corrected chi connectivity index (χ2v) is 8.12. The lowest BCUT2D eigenvalue weighted by Gasteiger charge is -2.12. The monoisotopic (exact) mass is 382 g/mol. The summed E-state index contributed by atoms with van der Waals surface area (Å²) in [6, 6.07) is 5.78. The molecule has 1 atom stereocenters. The Bertz CT molecular complexity index is 1050. The molecule has 3 aromatic rings. The molecular formula is C16H16F2N4O3S. The Kier molecular flexibility index (Phi) is 4.77. The second-order valence-electron chi connectivity index (χ2n) is 5.93. The Morgan fingerprint density at radius 2 is 2.04 bits per heavy atom. The molecule has 2 heterocycles. The van der Waals surface area contributed by atoms with Gasteiger partial charge in [0.1, 0.15) is 15.7 Å². The summed E-state index contributed by atoms with van der Waals surface area (Å²) in [4.78, 5) is 4.18. The van der Waals surface area contributed by atoms with Crippen LogP contribution in [0.1, 0.15) is 6.92 Å². The number of fused-ring (bicyclic) bond motifs is 1. The molecule has 0 radical (unpaired) electrons. The van der Waals surface area contributed by atoms with E-state index in [0.717, 1.165) is 18.4 Å². The molecule has 1 aromatic carbocycles. The minimum absolute atomic E-state index is 0.0418. The highest BCUT2D eigenvalue weighted by atomic mass is 32.2. The van der Waals surface area contributed by atoms with Crippen LogP contribution in [-0.2, 0) is 9.84 Å². The fraction of sp³-hybridized carbons (Fsp3) is 0.250. The topological polar surface area (TPSA) is 97.0 Å². The number of halogens is 2. The van der Waals surface area contributed by atoms with Crippen molar-refractivity contribution in [2.24, 2.45) is 0 Å². The van der Waals surface area contributed by atoms with Gasteiger partial charge >= 0.3 is 0 Å². The summed E-state index contributed by atoms with van der Waals surface area (Å²) in [6.45, 7) is 1.73. The molecule has 0 spiro atoms. The van der Waals surface area contributed by atoms with Crippen LogP contribution in [0.25, 0.3) is 11.0 Å². The van der Waals surface area contributed by atoms with E-state index in [2.05, 4.69) is 20.5 Å². The van der Waals surface area contributed by atoms with Crippen molar-refractivity contribution in [2.75, 3.05) is 17.3 Å². The van der Waals surface area contributed by atoms with Crippen LogP contribution in [0.15, 0.2) is 30.3 Å². The number of rotatable bonds is 6. The number of ether oxygens (including phenoxy) is 1. The molecule has 0 fully saturated rings. The molecule has 0 aliphatic heterocycles. The summed E-state index contributed by atoms with van der Waals surface area (Å²) >= 11 is 0. The van der Waals surface area contributed by atoms with Crippen LogP contribution in [0.4, 0.5) is 14.6 Å². The number of aromatic amines is 1. The van der Waals surface area contributed by atoms with Gasteiger partial charge in [-0.3, -0.25) is 5.10 Å². The summed E-state index contributed by atoms with van der Waals surface area (Å²) in [6.07, 6.45) is 1.16. The molecule has 3 rings (SSSR count). The standard InChI is InChI=1S/C16H16F2N4O3S/c1-9(8-26(2,23)24)19-15-11-4-6-14(20-16(11)22-21-15)25-13-5-3-10(17)7-12(13)18/h3-7,9H,8H2,1-2H3,(H2,19,20,21,22). The van der Waals surface area contributed by atoms with Crippen LogP contribution in [0.3, 0.4) is 0 Å². The van der Waals surface area contributed by atoms with Crippen molar-refractivity contribution in [2.45, 2.75) is 13.0 Å². The SMILES string of the molecule is CC(CS(C)(=O)=O)Nc1n[nH]c2nc(Oc3ccc(F)cc3F)ccc12. The Morgan fingerprint density at radius 3 is 2.73 bits per heavy atom. The smallest absolute Gasteiger partial charge is 0.221 e. The van der Waals surface area contributed by atoms with Gasteiger partial charge in [-0.2, -0.15) is 10.1 Å². The molecule has 10 heteroatoms. The van der Waals surface area contributed by atoms with Crippen molar-refractivity contribution in [3.8, 4) is 11.6 Å². The van der Waals surface area contributed by atoms with Gasteiger partial charge in [0, 0.05) is 24.4 Å². The Labute approximate surface area is 148 Å². The first-order valence-electron chi connectivity index (χ1n) is 7.63. The fourth-order valence-electron chi connectivity index (χ4n) is 2.45. The highest BCUT2D eigenvalue weighted by molar-refractivity contribution is 7.90. The van der Waals surface area contributed by atoms with Crippen LogP contribution >= 0.6 is 0 Å². The maximum absolute atomic E-state index is 13.7. The van der Waals surface area contributed by atoms with Gasteiger partial charge in [0.2, 0.25) is 5.88 Å². The van der Waals surface area contributed by atoms with Crippen molar-refractivity contribution in [1.29, 1.82) is 0 Å². The molecule has 138 valence electrons. The van der Waals surface area contributed by atoms with E-state index >= 15 is 0 Å². The van der Waals surface area contributed by atoms with E-state index in [1.807, 2.05) is 0 Å². The average molecular weight is 382 g/mol. The fourth-order valence-corrected chi connectivity index (χ4v) is 3.44. The molecular weight excluding hydrogens is 366 g/mol. The van der Waals surface area contributed by atoms with Crippen molar-refractivity contribution in [1.82, 2.24) is 15.2 Å². The molecule has 1 unspecified atom stereocenters. The number of nitrogens with zero attached hydrogens (tertiary/aromatic N) is 2. The van der Waals surface area contributed by atoms with Gasteiger partial charge in [-0.1, -0.05) is 0 Å². The van der Waals surface area contributed by atoms with Gasteiger partial charge in [-0.05, 0) is 25.1 Å².